The first-order chi connectivity index (χ1) is 10.5. The van der Waals surface area contributed by atoms with E-state index in [1.807, 2.05) is 0 Å². The van der Waals surface area contributed by atoms with Gasteiger partial charge in [0, 0.05) is 13.7 Å². The van der Waals surface area contributed by atoms with E-state index in [0.717, 1.165) is 0 Å². The molecule has 2 amide bonds. The Hall–Kier alpha value is -2.74. The SMILES string of the molecule is COCCNC(=O)CC(=O)NN=Cc1ccc(C(=O)O)cc1. The molecule has 0 saturated heterocycles. The quantitative estimate of drug-likeness (QED) is 0.270. The van der Waals surface area contributed by atoms with Crippen molar-refractivity contribution in [2.45, 2.75) is 6.42 Å². The van der Waals surface area contributed by atoms with Gasteiger partial charge in [0.1, 0.15) is 6.42 Å². The highest BCUT2D eigenvalue weighted by molar-refractivity contribution is 5.97. The van der Waals surface area contributed by atoms with Crippen molar-refractivity contribution in [1.82, 2.24) is 10.7 Å². The normalized spacial score (nSPS) is 10.4. The molecule has 8 nitrogen and oxygen atoms in total. The lowest BCUT2D eigenvalue weighted by atomic mass is 10.1. The van der Waals surface area contributed by atoms with E-state index in [1.165, 1.54) is 25.5 Å². The second-order valence-electron chi connectivity index (χ2n) is 4.24. The molecule has 0 aliphatic rings. The van der Waals surface area contributed by atoms with Crippen LogP contribution in [0.3, 0.4) is 0 Å². The van der Waals surface area contributed by atoms with Gasteiger partial charge in [0.05, 0.1) is 18.4 Å². The van der Waals surface area contributed by atoms with Crippen LogP contribution in [0.15, 0.2) is 29.4 Å². The lowest BCUT2D eigenvalue weighted by Crippen LogP contribution is -2.31. The topological polar surface area (TPSA) is 117 Å². The van der Waals surface area contributed by atoms with Gasteiger partial charge in [-0.2, -0.15) is 5.10 Å². The Kier molecular flexibility index (Phi) is 7.27. The van der Waals surface area contributed by atoms with Crippen LogP contribution >= 0.6 is 0 Å². The molecule has 3 N–H and O–H groups in total. The summed E-state index contributed by atoms with van der Waals surface area (Å²) >= 11 is 0. The fraction of sp³-hybridized carbons (Fsp3) is 0.286. The van der Waals surface area contributed by atoms with E-state index in [2.05, 4.69) is 15.8 Å². The van der Waals surface area contributed by atoms with E-state index in [1.54, 1.807) is 12.1 Å². The molecule has 0 unspecified atom stereocenters. The molecule has 1 aromatic carbocycles. The average Bonchev–Trinajstić information content (AvgIpc) is 2.48. The van der Waals surface area contributed by atoms with E-state index in [0.29, 0.717) is 18.7 Å². The van der Waals surface area contributed by atoms with Crippen LogP contribution in [0.4, 0.5) is 0 Å². The Morgan fingerprint density at radius 1 is 1.23 bits per heavy atom. The zero-order chi connectivity index (χ0) is 16.4. The van der Waals surface area contributed by atoms with Crippen LogP contribution in [0, 0.1) is 0 Å². The molecular weight excluding hydrogens is 290 g/mol. The van der Waals surface area contributed by atoms with Gasteiger partial charge in [0.15, 0.2) is 0 Å². The largest absolute Gasteiger partial charge is 0.478 e. The van der Waals surface area contributed by atoms with Gasteiger partial charge in [0.25, 0.3) is 0 Å². The summed E-state index contributed by atoms with van der Waals surface area (Å²) in [6.07, 6.45) is 1.02. The smallest absolute Gasteiger partial charge is 0.335 e. The summed E-state index contributed by atoms with van der Waals surface area (Å²) in [7, 11) is 1.51. The first kappa shape index (κ1) is 17.3. The van der Waals surface area contributed by atoms with Crippen molar-refractivity contribution in [2.24, 2.45) is 5.10 Å². The number of carboxylic acids is 1. The van der Waals surface area contributed by atoms with E-state index in [9.17, 15) is 14.4 Å². The van der Waals surface area contributed by atoms with Gasteiger partial charge in [-0.3, -0.25) is 9.59 Å². The molecule has 0 radical (unpaired) electrons. The van der Waals surface area contributed by atoms with Crippen LogP contribution in [0.2, 0.25) is 0 Å². The van der Waals surface area contributed by atoms with Crippen LogP contribution in [-0.4, -0.2) is 49.4 Å². The van der Waals surface area contributed by atoms with Gasteiger partial charge in [-0.25, -0.2) is 10.2 Å². The van der Waals surface area contributed by atoms with Crippen LogP contribution < -0.4 is 10.7 Å². The molecule has 0 spiro atoms. The molecular formula is C14H17N3O5. The molecule has 1 aromatic rings. The number of hydrogen-bond donors (Lipinski definition) is 3. The summed E-state index contributed by atoms with van der Waals surface area (Å²) in [6, 6.07) is 5.96. The van der Waals surface area contributed by atoms with Crippen molar-refractivity contribution in [2.75, 3.05) is 20.3 Å². The number of nitrogens with one attached hydrogen (secondary N) is 2. The first-order valence-corrected chi connectivity index (χ1v) is 6.44. The molecule has 22 heavy (non-hydrogen) atoms. The van der Waals surface area contributed by atoms with Crippen molar-refractivity contribution in [3.8, 4) is 0 Å². The molecule has 0 heterocycles. The average molecular weight is 307 g/mol. The Labute approximate surface area is 127 Å². The van der Waals surface area contributed by atoms with Gasteiger partial charge in [-0.15, -0.1) is 0 Å². The fourth-order valence-corrected chi connectivity index (χ4v) is 1.43. The van der Waals surface area contributed by atoms with Crippen LogP contribution in [0.5, 0.6) is 0 Å². The first-order valence-electron chi connectivity index (χ1n) is 6.44. The molecule has 0 atom stereocenters. The Morgan fingerprint density at radius 2 is 1.91 bits per heavy atom. The minimum Gasteiger partial charge on any atom is -0.478 e. The van der Waals surface area contributed by atoms with Crippen molar-refractivity contribution in [1.29, 1.82) is 0 Å². The monoisotopic (exact) mass is 307 g/mol. The van der Waals surface area contributed by atoms with Crippen LogP contribution in [-0.2, 0) is 14.3 Å². The number of benzene rings is 1. The number of hydrogen-bond acceptors (Lipinski definition) is 5. The molecule has 8 heteroatoms. The highest BCUT2D eigenvalue weighted by Crippen LogP contribution is 2.02. The van der Waals surface area contributed by atoms with Gasteiger partial charge < -0.3 is 15.2 Å². The highest BCUT2D eigenvalue weighted by atomic mass is 16.5. The standard InChI is InChI=1S/C14H17N3O5/c1-22-7-6-15-12(18)8-13(19)17-16-9-10-2-4-11(5-3-10)14(20)21/h2-5,9H,6-8H2,1H3,(H,15,18)(H,17,19)(H,20,21). The Bertz CT molecular complexity index is 554. The summed E-state index contributed by atoms with van der Waals surface area (Å²) in [4.78, 5) is 33.4. The van der Waals surface area contributed by atoms with E-state index in [4.69, 9.17) is 9.84 Å². The third-order valence-corrected chi connectivity index (χ3v) is 2.51. The van der Waals surface area contributed by atoms with Crippen molar-refractivity contribution >= 4 is 24.0 Å². The number of rotatable bonds is 8. The maximum atomic E-state index is 11.4. The highest BCUT2D eigenvalue weighted by Gasteiger charge is 2.07. The molecule has 0 fully saturated rings. The summed E-state index contributed by atoms with van der Waals surface area (Å²) in [5.74, 6) is -1.99. The van der Waals surface area contributed by atoms with Gasteiger partial charge in [0.2, 0.25) is 11.8 Å². The van der Waals surface area contributed by atoms with Crippen molar-refractivity contribution in [3.05, 3.63) is 35.4 Å². The number of carbonyl (C=O) groups excluding carboxylic acids is 2. The summed E-state index contributed by atoms with van der Waals surface area (Å²) in [5.41, 5.74) is 2.99. The fourth-order valence-electron chi connectivity index (χ4n) is 1.43. The minimum atomic E-state index is -1.02. The van der Waals surface area contributed by atoms with Crippen molar-refractivity contribution in [3.63, 3.8) is 0 Å². The Morgan fingerprint density at radius 3 is 2.50 bits per heavy atom. The molecule has 0 aliphatic heterocycles. The number of carbonyl (C=O) groups is 3. The molecule has 0 bridgehead atoms. The van der Waals surface area contributed by atoms with Crippen LogP contribution in [0.25, 0.3) is 0 Å². The number of hydrazone groups is 1. The van der Waals surface area contributed by atoms with Gasteiger partial charge >= 0.3 is 5.97 Å². The predicted octanol–water partition coefficient (Wildman–Crippen LogP) is -0.0124. The lowest BCUT2D eigenvalue weighted by Gasteiger charge is -2.03. The number of ether oxygens (including phenoxy) is 1. The summed E-state index contributed by atoms with van der Waals surface area (Å²) in [5, 5.41) is 14.9. The Balaban J connectivity index is 2.36. The molecule has 0 saturated carbocycles. The molecule has 1 rings (SSSR count). The zero-order valence-electron chi connectivity index (χ0n) is 12.0. The second kappa shape index (κ2) is 9.24. The molecule has 0 aliphatic carbocycles. The third-order valence-electron chi connectivity index (χ3n) is 2.51. The van der Waals surface area contributed by atoms with Gasteiger partial charge in [-0.05, 0) is 17.7 Å². The van der Waals surface area contributed by atoms with Gasteiger partial charge in [-0.1, -0.05) is 12.1 Å². The summed E-state index contributed by atoms with van der Waals surface area (Å²) in [6.45, 7) is 0.708. The van der Waals surface area contributed by atoms with E-state index >= 15 is 0 Å². The third kappa shape index (κ3) is 6.62. The van der Waals surface area contributed by atoms with Crippen LogP contribution in [0.1, 0.15) is 22.3 Å². The molecule has 118 valence electrons. The maximum Gasteiger partial charge on any atom is 0.335 e. The van der Waals surface area contributed by atoms with E-state index in [-0.39, 0.29) is 12.0 Å². The number of aromatic carboxylic acids is 1. The number of nitrogens with zero attached hydrogens (tertiary/aromatic N) is 1. The predicted molar refractivity (Wildman–Crippen MR) is 78.6 cm³/mol. The van der Waals surface area contributed by atoms with Crippen molar-refractivity contribution < 1.29 is 24.2 Å². The lowest BCUT2D eigenvalue weighted by molar-refractivity contribution is -0.129. The molecule has 0 aromatic heterocycles. The minimum absolute atomic E-state index is 0.161. The summed E-state index contributed by atoms with van der Waals surface area (Å²) < 4.78 is 4.76. The maximum absolute atomic E-state index is 11.4. The zero-order valence-corrected chi connectivity index (χ0v) is 12.0. The van der Waals surface area contributed by atoms with E-state index < -0.39 is 17.8 Å². The second-order valence-corrected chi connectivity index (χ2v) is 4.24. The number of amides is 2. The number of methoxy groups -OCH3 is 1. The number of carboxylic acid groups (broad SMARTS) is 1.